The Kier molecular flexibility index (Phi) is 4.83. The molecule has 3 aromatic carbocycles. The molecule has 0 aliphatic carbocycles. The predicted molar refractivity (Wildman–Crippen MR) is 103 cm³/mol. The minimum Gasteiger partial charge on any atom is -0.486 e. The third-order valence-electron chi connectivity index (χ3n) is 4.54. The first-order valence-corrected chi connectivity index (χ1v) is 8.93. The average Bonchev–Trinajstić information content (AvgIpc) is 2.71. The van der Waals surface area contributed by atoms with Crippen LogP contribution in [0.2, 0.25) is 0 Å². The van der Waals surface area contributed by atoms with Gasteiger partial charge in [-0.2, -0.15) is 0 Å². The summed E-state index contributed by atoms with van der Waals surface area (Å²) >= 11 is 0. The molecule has 1 amide bonds. The van der Waals surface area contributed by atoms with Gasteiger partial charge in [0.2, 0.25) is 0 Å². The molecule has 0 saturated carbocycles. The van der Waals surface area contributed by atoms with E-state index in [-0.39, 0.29) is 12.5 Å². The van der Waals surface area contributed by atoms with Crippen molar-refractivity contribution in [2.24, 2.45) is 0 Å². The fraction of sp³-hybridized carbons (Fsp3) is 0.227. The fourth-order valence-electron chi connectivity index (χ4n) is 3.06. The van der Waals surface area contributed by atoms with E-state index in [1.165, 1.54) is 0 Å². The topological polar surface area (TPSA) is 48.0 Å². The summed E-state index contributed by atoms with van der Waals surface area (Å²) in [5.41, 5.74) is 0.987. The highest BCUT2D eigenvalue weighted by Gasteiger charge is 2.15. The standard InChI is InChI=1S/C22H21NO4/c1-23(14-16-6-9-20-21(12-16)26-11-10-25-20)22(24)15-27-19-8-7-17-4-2-3-5-18(17)13-19/h2-9,12-13H,10-11,14-15H2,1H3. The third kappa shape index (κ3) is 3.97. The first kappa shape index (κ1) is 17.2. The molecule has 1 aliphatic rings. The second-order valence-corrected chi connectivity index (χ2v) is 6.53. The highest BCUT2D eigenvalue weighted by atomic mass is 16.6. The maximum Gasteiger partial charge on any atom is 0.260 e. The lowest BCUT2D eigenvalue weighted by atomic mass is 10.1. The summed E-state index contributed by atoms with van der Waals surface area (Å²) in [5.74, 6) is 2.08. The molecule has 0 spiro atoms. The normalized spacial score (nSPS) is 12.6. The number of amides is 1. The fourth-order valence-corrected chi connectivity index (χ4v) is 3.06. The number of likely N-dealkylation sites (N-methyl/N-ethyl adjacent to an activating group) is 1. The first-order valence-electron chi connectivity index (χ1n) is 8.93. The molecule has 0 aromatic heterocycles. The van der Waals surface area contributed by atoms with E-state index in [2.05, 4.69) is 0 Å². The molecule has 0 atom stereocenters. The van der Waals surface area contributed by atoms with Gasteiger partial charge in [-0.3, -0.25) is 4.79 Å². The molecule has 5 heteroatoms. The summed E-state index contributed by atoms with van der Waals surface area (Å²) in [6, 6.07) is 19.6. The molecule has 1 aliphatic heterocycles. The smallest absolute Gasteiger partial charge is 0.260 e. The number of ether oxygens (including phenoxy) is 3. The Morgan fingerprint density at radius 3 is 2.59 bits per heavy atom. The molecule has 0 unspecified atom stereocenters. The van der Waals surface area contributed by atoms with Crippen LogP contribution in [-0.2, 0) is 11.3 Å². The Bertz CT molecular complexity index is 969. The van der Waals surface area contributed by atoms with Crippen LogP contribution in [-0.4, -0.2) is 37.7 Å². The van der Waals surface area contributed by atoms with Crippen molar-refractivity contribution in [3.63, 3.8) is 0 Å². The number of rotatable bonds is 5. The SMILES string of the molecule is CN(Cc1ccc2c(c1)OCCO2)C(=O)COc1ccc2ccccc2c1. The second-order valence-electron chi connectivity index (χ2n) is 6.53. The van der Waals surface area contributed by atoms with E-state index in [1.807, 2.05) is 60.7 Å². The average molecular weight is 363 g/mol. The third-order valence-corrected chi connectivity index (χ3v) is 4.54. The summed E-state index contributed by atoms with van der Waals surface area (Å²) in [7, 11) is 1.77. The molecule has 0 bridgehead atoms. The molecular weight excluding hydrogens is 342 g/mol. The minimum atomic E-state index is -0.0851. The van der Waals surface area contributed by atoms with Gasteiger partial charge < -0.3 is 19.1 Å². The maximum atomic E-state index is 12.4. The lowest BCUT2D eigenvalue weighted by Crippen LogP contribution is -2.31. The van der Waals surface area contributed by atoms with E-state index in [4.69, 9.17) is 14.2 Å². The van der Waals surface area contributed by atoms with Gasteiger partial charge in [0.1, 0.15) is 19.0 Å². The molecule has 0 fully saturated rings. The summed E-state index contributed by atoms with van der Waals surface area (Å²) in [6.45, 7) is 1.59. The van der Waals surface area contributed by atoms with Gasteiger partial charge in [-0.25, -0.2) is 0 Å². The zero-order valence-corrected chi connectivity index (χ0v) is 15.2. The first-order chi connectivity index (χ1) is 13.2. The van der Waals surface area contributed by atoms with Crippen LogP contribution in [0.25, 0.3) is 10.8 Å². The van der Waals surface area contributed by atoms with E-state index in [0.717, 1.165) is 27.8 Å². The molecule has 0 N–H and O–H groups in total. The predicted octanol–water partition coefficient (Wildman–Crippen LogP) is 3.65. The van der Waals surface area contributed by atoms with Gasteiger partial charge in [0.25, 0.3) is 5.91 Å². The Balaban J connectivity index is 1.36. The van der Waals surface area contributed by atoms with Crippen molar-refractivity contribution in [3.8, 4) is 17.2 Å². The number of carbonyl (C=O) groups excluding carboxylic acids is 1. The maximum absolute atomic E-state index is 12.4. The number of hydrogen-bond acceptors (Lipinski definition) is 4. The molecule has 3 aromatic rings. The van der Waals surface area contributed by atoms with Gasteiger partial charge in [0, 0.05) is 13.6 Å². The van der Waals surface area contributed by atoms with E-state index in [9.17, 15) is 4.79 Å². The second kappa shape index (κ2) is 7.58. The zero-order valence-electron chi connectivity index (χ0n) is 15.2. The van der Waals surface area contributed by atoms with Crippen molar-refractivity contribution in [2.45, 2.75) is 6.54 Å². The van der Waals surface area contributed by atoms with Crippen LogP contribution in [0.5, 0.6) is 17.2 Å². The van der Waals surface area contributed by atoms with E-state index in [1.54, 1.807) is 11.9 Å². The Hall–Kier alpha value is -3.21. The van der Waals surface area contributed by atoms with Crippen LogP contribution in [0.15, 0.2) is 60.7 Å². The van der Waals surface area contributed by atoms with Crippen LogP contribution >= 0.6 is 0 Å². The number of fused-ring (bicyclic) bond motifs is 2. The van der Waals surface area contributed by atoms with Crippen molar-refractivity contribution < 1.29 is 19.0 Å². The van der Waals surface area contributed by atoms with Crippen molar-refractivity contribution in [2.75, 3.05) is 26.9 Å². The van der Waals surface area contributed by atoms with Crippen LogP contribution in [0.4, 0.5) is 0 Å². The van der Waals surface area contributed by atoms with Crippen LogP contribution < -0.4 is 14.2 Å². The molecule has 5 nitrogen and oxygen atoms in total. The van der Waals surface area contributed by atoms with Crippen molar-refractivity contribution in [1.29, 1.82) is 0 Å². The number of benzene rings is 3. The largest absolute Gasteiger partial charge is 0.486 e. The molecule has 0 saturated heterocycles. The highest BCUT2D eigenvalue weighted by Crippen LogP contribution is 2.31. The number of carbonyl (C=O) groups is 1. The van der Waals surface area contributed by atoms with Gasteiger partial charge in [-0.05, 0) is 40.6 Å². The van der Waals surface area contributed by atoms with Crippen molar-refractivity contribution in [1.82, 2.24) is 4.90 Å². The summed E-state index contributed by atoms with van der Waals surface area (Å²) in [6.07, 6.45) is 0. The lowest BCUT2D eigenvalue weighted by molar-refractivity contribution is -0.132. The molecule has 4 rings (SSSR count). The molecule has 0 radical (unpaired) electrons. The van der Waals surface area contributed by atoms with E-state index >= 15 is 0 Å². The Labute approximate surface area is 158 Å². The summed E-state index contributed by atoms with van der Waals surface area (Å²) < 4.78 is 16.8. The quantitative estimate of drug-likeness (QED) is 0.694. The number of hydrogen-bond donors (Lipinski definition) is 0. The van der Waals surface area contributed by atoms with E-state index < -0.39 is 0 Å². The molecule has 27 heavy (non-hydrogen) atoms. The van der Waals surface area contributed by atoms with Crippen molar-refractivity contribution >= 4 is 16.7 Å². The monoisotopic (exact) mass is 363 g/mol. The van der Waals surface area contributed by atoms with Crippen LogP contribution in [0, 0.1) is 0 Å². The van der Waals surface area contributed by atoms with Gasteiger partial charge in [0.05, 0.1) is 0 Å². The Morgan fingerprint density at radius 1 is 0.963 bits per heavy atom. The Morgan fingerprint density at radius 2 is 1.74 bits per heavy atom. The number of nitrogens with zero attached hydrogens (tertiary/aromatic N) is 1. The highest BCUT2D eigenvalue weighted by molar-refractivity contribution is 5.84. The van der Waals surface area contributed by atoms with Gasteiger partial charge in [0.15, 0.2) is 18.1 Å². The van der Waals surface area contributed by atoms with Gasteiger partial charge in [-0.15, -0.1) is 0 Å². The lowest BCUT2D eigenvalue weighted by Gasteiger charge is -2.21. The minimum absolute atomic E-state index is 0.000603. The molecular formula is C22H21NO4. The molecule has 138 valence electrons. The van der Waals surface area contributed by atoms with E-state index in [0.29, 0.717) is 25.5 Å². The summed E-state index contributed by atoms with van der Waals surface area (Å²) in [4.78, 5) is 14.1. The van der Waals surface area contributed by atoms with Crippen LogP contribution in [0.3, 0.4) is 0 Å². The zero-order chi connectivity index (χ0) is 18.6. The molecule has 1 heterocycles. The van der Waals surface area contributed by atoms with Crippen LogP contribution in [0.1, 0.15) is 5.56 Å². The summed E-state index contributed by atoms with van der Waals surface area (Å²) in [5, 5.41) is 2.24. The van der Waals surface area contributed by atoms with Gasteiger partial charge in [-0.1, -0.05) is 36.4 Å². The van der Waals surface area contributed by atoms with Crippen molar-refractivity contribution in [3.05, 3.63) is 66.2 Å². The van der Waals surface area contributed by atoms with Gasteiger partial charge >= 0.3 is 0 Å².